The smallest absolute Gasteiger partial charge is 0.337 e. The third kappa shape index (κ3) is 3.38. The molecule has 1 amide bonds. The van der Waals surface area contributed by atoms with Crippen molar-refractivity contribution in [3.05, 3.63) is 46.8 Å². The summed E-state index contributed by atoms with van der Waals surface area (Å²) in [6, 6.07) is 4.80. The van der Waals surface area contributed by atoms with Crippen LogP contribution in [-0.2, 0) is 0 Å². The first-order valence-corrected chi connectivity index (χ1v) is 6.85. The topological polar surface area (TPSA) is 106 Å². The summed E-state index contributed by atoms with van der Waals surface area (Å²) in [5.74, 6) is -1.59. The van der Waals surface area contributed by atoms with Gasteiger partial charge in [-0.2, -0.15) is 0 Å². The maximum Gasteiger partial charge on any atom is 0.337 e. The van der Waals surface area contributed by atoms with Gasteiger partial charge in [0.1, 0.15) is 10.1 Å². The van der Waals surface area contributed by atoms with Crippen LogP contribution in [0.3, 0.4) is 0 Å². The molecule has 0 unspecified atom stereocenters. The Morgan fingerprint density at radius 1 is 1.29 bits per heavy atom. The van der Waals surface area contributed by atoms with E-state index in [1.807, 2.05) is 6.92 Å². The number of nitrogens with two attached hydrogens (primary N) is 1. The van der Waals surface area contributed by atoms with Crippen LogP contribution in [-0.4, -0.2) is 27.0 Å². The molecule has 6 nitrogen and oxygen atoms in total. The van der Waals surface area contributed by atoms with E-state index in [4.69, 9.17) is 10.8 Å². The Bertz CT molecular complexity index is 714. The van der Waals surface area contributed by atoms with Crippen molar-refractivity contribution >= 4 is 23.6 Å². The molecule has 0 atom stereocenters. The van der Waals surface area contributed by atoms with Gasteiger partial charge in [0.05, 0.1) is 11.1 Å². The summed E-state index contributed by atoms with van der Waals surface area (Å²) in [7, 11) is 0. The number of hydrogen-bond acceptors (Lipinski definition) is 5. The summed E-state index contributed by atoms with van der Waals surface area (Å²) in [5, 5.41) is 9.84. The molecule has 3 N–H and O–H groups in total. The highest BCUT2D eigenvalue weighted by Gasteiger charge is 2.16. The SMILES string of the molecule is Cc1cc(C)c(C(N)=O)c(Sc2ccc(C(=O)O)cn2)n1. The molecule has 7 heteroatoms. The van der Waals surface area contributed by atoms with Crippen molar-refractivity contribution in [2.75, 3.05) is 0 Å². The zero-order valence-corrected chi connectivity index (χ0v) is 12.3. The van der Waals surface area contributed by atoms with E-state index in [1.165, 1.54) is 24.0 Å². The number of aromatic nitrogens is 2. The van der Waals surface area contributed by atoms with Crippen molar-refractivity contribution in [3.63, 3.8) is 0 Å². The zero-order valence-electron chi connectivity index (χ0n) is 11.5. The number of rotatable bonds is 4. The molecule has 0 saturated carbocycles. The molecule has 0 aromatic carbocycles. The molecule has 2 aromatic heterocycles. The maximum atomic E-state index is 11.6. The van der Waals surface area contributed by atoms with Crippen molar-refractivity contribution in [2.45, 2.75) is 23.9 Å². The number of pyridine rings is 2. The second-order valence-electron chi connectivity index (χ2n) is 4.42. The van der Waals surface area contributed by atoms with Crippen LogP contribution in [0.25, 0.3) is 0 Å². The minimum Gasteiger partial charge on any atom is -0.478 e. The number of hydrogen-bond donors (Lipinski definition) is 2. The van der Waals surface area contributed by atoms with Gasteiger partial charge < -0.3 is 10.8 Å². The second-order valence-corrected chi connectivity index (χ2v) is 5.43. The number of aryl methyl sites for hydroxylation is 2. The molecule has 0 bridgehead atoms. The lowest BCUT2D eigenvalue weighted by molar-refractivity contribution is 0.0696. The summed E-state index contributed by atoms with van der Waals surface area (Å²) < 4.78 is 0. The van der Waals surface area contributed by atoms with Crippen LogP contribution in [0, 0.1) is 13.8 Å². The van der Waals surface area contributed by atoms with Crippen molar-refractivity contribution in [1.29, 1.82) is 0 Å². The Kier molecular flexibility index (Phi) is 4.23. The van der Waals surface area contributed by atoms with Crippen molar-refractivity contribution < 1.29 is 14.7 Å². The van der Waals surface area contributed by atoms with Gasteiger partial charge in [0, 0.05) is 11.9 Å². The summed E-state index contributed by atoms with van der Waals surface area (Å²) in [4.78, 5) is 30.7. The second kappa shape index (κ2) is 5.92. The van der Waals surface area contributed by atoms with Crippen LogP contribution in [0.15, 0.2) is 34.4 Å². The van der Waals surface area contributed by atoms with Gasteiger partial charge in [0.25, 0.3) is 5.91 Å². The Morgan fingerprint density at radius 2 is 2.00 bits per heavy atom. The molecule has 2 aromatic rings. The van der Waals surface area contributed by atoms with Crippen molar-refractivity contribution in [3.8, 4) is 0 Å². The van der Waals surface area contributed by atoms with E-state index in [0.717, 1.165) is 11.3 Å². The molecule has 0 radical (unpaired) electrons. The molecule has 0 fully saturated rings. The highest BCUT2D eigenvalue weighted by Crippen LogP contribution is 2.29. The van der Waals surface area contributed by atoms with Gasteiger partial charge in [-0.15, -0.1) is 0 Å². The first-order chi connectivity index (χ1) is 9.88. The molecule has 0 aliphatic heterocycles. The average molecular weight is 303 g/mol. The molecule has 0 aliphatic carbocycles. The maximum absolute atomic E-state index is 11.6. The molecule has 0 spiro atoms. The van der Waals surface area contributed by atoms with Crippen LogP contribution in [0.5, 0.6) is 0 Å². The predicted molar refractivity (Wildman–Crippen MR) is 77.5 cm³/mol. The summed E-state index contributed by atoms with van der Waals surface area (Å²) in [5.41, 5.74) is 7.36. The molecular formula is C14H13N3O3S. The molecule has 108 valence electrons. The zero-order chi connectivity index (χ0) is 15.6. The van der Waals surface area contributed by atoms with Crippen LogP contribution in [0.4, 0.5) is 0 Å². The Balaban J connectivity index is 2.39. The summed E-state index contributed by atoms with van der Waals surface area (Å²) >= 11 is 1.18. The number of nitrogens with zero attached hydrogens (tertiary/aromatic N) is 2. The number of carbonyl (C=O) groups is 2. The first-order valence-electron chi connectivity index (χ1n) is 6.03. The minimum absolute atomic E-state index is 0.0999. The van der Waals surface area contributed by atoms with Crippen LogP contribution in [0.2, 0.25) is 0 Å². The number of carboxylic acid groups (broad SMARTS) is 1. The number of carbonyl (C=O) groups excluding carboxylic acids is 1. The van der Waals surface area contributed by atoms with Gasteiger partial charge in [0.15, 0.2) is 0 Å². The van der Waals surface area contributed by atoms with Crippen molar-refractivity contribution in [1.82, 2.24) is 9.97 Å². The average Bonchev–Trinajstić information content (AvgIpc) is 2.37. The van der Waals surface area contributed by atoms with E-state index >= 15 is 0 Å². The third-order valence-corrected chi connectivity index (χ3v) is 3.68. The Hall–Kier alpha value is -2.41. The van der Waals surface area contributed by atoms with Gasteiger partial charge in [0.2, 0.25) is 0 Å². The van der Waals surface area contributed by atoms with Crippen molar-refractivity contribution in [2.24, 2.45) is 5.73 Å². The van der Waals surface area contributed by atoms with Gasteiger partial charge in [-0.1, -0.05) is 0 Å². The fourth-order valence-electron chi connectivity index (χ4n) is 1.84. The number of primary amides is 1. The van der Waals surface area contributed by atoms with E-state index in [0.29, 0.717) is 15.6 Å². The van der Waals surface area contributed by atoms with Gasteiger partial charge in [-0.3, -0.25) is 4.79 Å². The Labute approximate surface area is 125 Å². The highest BCUT2D eigenvalue weighted by atomic mass is 32.2. The lowest BCUT2D eigenvalue weighted by atomic mass is 10.1. The number of carboxylic acids is 1. The fraction of sp³-hybridized carbons (Fsp3) is 0.143. The van der Waals surface area contributed by atoms with E-state index in [2.05, 4.69) is 9.97 Å². The summed E-state index contributed by atoms with van der Waals surface area (Å²) in [6.45, 7) is 3.61. The number of aromatic carboxylic acids is 1. The van der Waals surface area contributed by atoms with Crippen LogP contribution < -0.4 is 5.73 Å². The van der Waals surface area contributed by atoms with E-state index < -0.39 is 11.9 Å². The van der Waals surface area contributed by atoms with E-state index in [9.17, 15) is 9.59 Å². The predicted octanol–water partition coefficient (Wildman–Crippen LogP) is 2.04. The van der Waals surface area contributed by atoms with Gasteiger partial charge in [-0.25, -0.2) is 14.8 Å². The fourth-order valence-corrected chi connectivity index (χ4v) is 2.84. The largest absolute Gasteiger partial charge is 0.478 e. The monoisotopic (exact) mass is 303 g/mol. The standard InChI is InChI=1S/C14H13N3O3S/c1-7-5-8(2)17-13(11(7)12(15)18)21-10-4-3-9(6-16-10)14(19)20/h3-6H,1-2H3,(H2,15,18)(H,19,20). The molecule has 21 heavy (non-hydrogen) atoms. The number of amides is 1. The van der Waals surface area contributed by atoms with Gasteiger partial charge >= 0.3 is 5.97 Å². The first kappa shape index (κ1) is 15.0. The molecule has 2 heterocycles. The van der Waals surface area contributed by atoms with E-state index in [-0.39, 0.29) is 5.56 Å². The van der Waals surface area contributed by atoms with Gasteiger partial charge in [-0.05, 0) is 49.4 Å². The molecule has 2 rings (SSSR count). The van der Waals surface area contributed by atoms with Crippen LogP contribution >= 0.6 is 11.8 Å². The summed E-state index contributed by atoms with van der Waals surface area (Å²) in [6.07, 6.45) is 1.26. The van der Waals surface area contributed by atoms with Crippen LogP contribution in [0.1, 0.15) is 32.0 Å². The molecule has 0 aliphatic rings. The highest BCUT2D eigenvalue weighted by molar-refractivity contribution is 7.99. The Morgan fingerprint density at radius 3 is 2.52 bits per heavy atom. The van der Waals surface area contributed by atoms with E-state index in [1.54, 1.807) is 19.1 Å². The quantitative estimate of drug-likeness (QED) is 0.895. The lowest BCUT2D eigenvalue weighted by Gasteiger charge is -2.09. The normalized spacial score (nSPS) is 10.4. The lowest BCUT2D eigenvalue weighted by Crippen LogP contribution is -2.15. The molecule has 0 saturated heterocycles. The third-order valence-electron chi connectivity index (χ3n) is 2.74. The minimum atomic E-state index is -1.04. The molecular weight excluding hydrogens is 290 g/mol.